The van der Waals surface area contributed by atoms with Crippen molar-refractivity contribution >= 4 is 0 Å². The molecule has 2 rings (SSSR count). The predicted molar refractivity (Wildman–Crippen MR) is 70.4 cm³/mol. The molecule has 0 amide bonds. The van der Waals surface area contributed by atoms with Crippen LogP contribution in [0.5, 0.6) is 5.75 Å². The number of hydrogen-bond donors (Lipinski definition) is 1. The molecule has 1 fully saturated rings. The Morgan fingerprint density at radius 2 is 2.00 bits per heavy atom. The number of alkyl halides is 2. The highest BCUT2D eigenvalue weighted by Gasteiger charge is 2.26. The van der Waals surface area contributed by atoms with Crippen LogP contribution in [0.2, 0.25) is 0 Å². The van der Waals surface area contributed by atoms with Gasteiger partial charge in [-0.2, -0.15) is 0 Å². The standard InChI is InChI=1S/C14H20F2N2O/c1-10-6-18(8-13(10)17)7-11-2-4-12(5-3-11)19-9-14(15)16/h2-5,10,13-14H,6-9,17H2,1H3. The zero-order chi connectivity index (χ0) is 13.8. The van der Waals surface area contributed by atoms with Crippen LogP contribution in [0, 0.1) is 5.92 Å². The van der Waals surface area contributed by atoms with Crippen LogP contribution in [0.15, 0.2) is 24.3 Å². The second kappa shape index (κ2) is 6.30. The fourth-order valence-corrected chi connectivity index (χ4v) is 2.33. The first-order valence-corrected chi connectivity index (χ1v) is 6.52. The van der Waals surface area contributed by atoms with E-state index in [4.69, 9.17) is 10.5 Å². The van der Waals surface area contributed by atoms with E-state index < -0.39 is 13.0 Å². The molecule has 0 saturated carbocycles. The minimum absolute atomic E-state index is 0.244. The molecule has 1 heterocycles. The molecule has 19 heavy (non-hydrogen) atoms. The lowest BCUT2D eigenvalue weighted by atomic mass is 10.1. The number of benzene rings is 1. The van der Waals surface area contributed by atoms with Gasteiger partial charge in [-0.15, -0.1) is 0 Å². The van der Waals surface area contributed by atoms with Gasteiger partial charge >= 0.3 is 0 Å². The van der Waals surface area contributed by atoms with Crippen LogP contribution >= 0.6 is 0 Å². The molecule has 0 bridgehead atoms. The number of ether oxygens (including phenoxy) is 1. The Morgan fingerprint density at radius 3 is 2.53 bits per heavy atom. The summed E-state index contributed by atoms with van der Waals surface area (Å²) in [6, 6.07) is 7.53. The molecule has 0 radical (unpaired) electrons. The number of hydrogen-bond acceptors (Lipinski definition) is 3. The zero-order valence-corrected chi connectivity index (χ0v) is 11.1. The van der Waals surface area contributed by atoms with E-state index in [0.717, 1.165) is 25.2 Å². The Balaban J connectivity index is 1.85. The zero-order valence-electron chi connectivity index (χ0n) is 11.1. The average Bonchev–Trinajstić information content (AvgIpc) is 2.67. The van der Waals surface area contributed by atoms with Gasteiger partial charge in [-0.05, 0) is 23.6 Å². The second-order valence-electron chi connectivity index (χ2n) is 5.18. The summed E-state index contributed by atoms with van der Waals surface area (Å²) in [5, 5.41) is 0. The first kappa shape index (κ1) is 14.2. The minimum Gasteiger partial charge on any atom is -0.488 e. The van der Waals surface area contributed by atoms with E-state index in [1.54, 1.807) is 12.1 Å². The van der Waals surface area contributed by atoms with Crippen LogP contribution in [-0.4, -0.2) is 37.1 Å². The molecular weight excluding hydrogens is 250 g/mol. The minimum atomic E-state index is -2.44. The molecule has 5 heteroatoms. The maximum atomic E-state index is 12.0. The number of nitrogens with zero attached hydrogens (tertiary/aromatic N) is 1. The summed E-state index contributed by atoms with van der Waals surface area (Å²) >= 11 is 0. The van der Waals surface area contributed by atoms with Gasteiger partial charge in [0.25, 0.3) is 6.43 Å². The predicted octanol–water partition coefficient (Wildman–Crippen LogP) is 2.11. The Morgan fingerprint density at radius 1 is 1.32 bits per heavy atom. The van der Waals surface area contributed by atoms with E-state index in [2.05, 4.69) is 11.8 Å². The van der Waals surface area contributed by atoms with Gasteiger partial charge in [-0.3, -0.25) is 4.90 Å². The van der Waals surface area contributed by atoms with Crippen molar-refractivity contribution in [1.82, 2.24) is 4.90 Å². The fourth-order valence-electron chi connectivity index (χ4n) is 2.33. The van der Waals surface area contributed by atoms with Crippen LogP contribution < -0.4 is 10.5 Å². The Bertz CT molecular complexity index is 387. The summed E-state index contributed by atoms with van der Waals surface area (Å²) in [4.78, 5) is 2.31. The van der Waals surface area contributed by atoms with Crippen molar-refractivity contribution in [2.24, 2.45) is 11.7 Å². The topological polar surface area (TPSA) is 38.5 Å². The largest absolute Gasteiger partial charge is 0.488 e. The fraction of sp³-hybridized carbons (Fsp3) is 0.571. The lowest BCUT2D eigenvalue weighted by Gasteiger charge is -2.15. The Hall–Kier alpha value is -1.20. The van der Waals surface area contributed by atoms with Gasteiger partial charge in [-0.1, -0.05) is 19.1 Å². The van der Waals surface area contributed by atoms with Gasteiger partial charge in [0.05, 0.1) is 0 Å². The summed E-state index contributed by atoms with van der Waals surface area (Å²) in [5.74, 6) is 1.00. The van der Waals surface area contributed by atoms with Crippen LogP contribution in [0.25, 0.3) is 0 Å². The molecule has 1 aromatic carbocycles. The molecule has 1 aromatic rings. The number of likely N-dealkylation sites (tertiary alicyclic amines) is 1. The van der Waals surface area contributed by atoms with Crippen LogP contribution in [0.3, 0.4) is 0 Å². The Labute approximate surface area is 112 Å². The lowest BCUT2D eigenvalue weighted by Crippen LogP contribution is -2.28. The van der Waals surface area contributed by atoms with E-state index in [-0.39, 0.29) is 6.04 Å². The third-order valence-electron chi connectivity index (χ3n) is 3.45. The van der Waals surface area contributed by atoms with E-state index in [0.29, 0.717) is 11.7 Å². The van der Waals surface area contributed by atoms with Crippen molar-refractivity contribution in [1.29, 1.82) is 0 Å². The van der Waals surface area contributed by atoms with E-state index in [9.17, 15) is 8.78 Å². The van der Waals surface area contributed by atoms with Crippen molar-refractivity contribution in [2.75, 3.05) is 19.7 Å². The van der Waals surface area contributed by atoms with Crippen molar-refractivity contribution in [3.63, 3.8) is 0 Å². The molecular formula is C14H20F2N2O. The molecule has 1 aliphatic heterocycles. The van der Waals surface area contributed by atoms with Gasteiger partial charge < -0.3 is 10.5 Å². The monoisotopic (exact) mass is 270 g/mol. The van der Waals surface area contributed by atoms with E-state index in [1.807, 2.05) is 12.1 Å². The van der Waals surface area contributed by atoms with Gasteiger partial charge in [0.1, 0.15) is 12.4 Å². The molecule has 0 aromatic heterocycles. The van der Waals surface area contributed by atoms with Gasteiger partial charge in [-0.25, -0.2) is 8.78 Å². The number of rotatable bonds is 5. The highest BCUT2D eigenvalue weighted by atomic mass is 19.3. The van der Waals surface area contributed by atoms with Crippen LogP contribution in [0.4, 0.5) is 8.78 Å². The summed E-state index contributed by atoms with van der Waals surface area (Å²) in [7, 11) is 0. The molecule has 2 atom stereocenters. The average molecular weight is 270 g/mol. The molecule has 1 aliphatic rings. The number of nitrogens with two attached hydrogens (primary N) is 1. The smallest absolute Gasteiger partial charge is 0.272 e. The lowest BCUT2D eigenvalue weighted by molar-refractivity contribution is 0.0819. The summed E-state index contributed by atoms with van der Waals surface area (Å²) in [6.45, 7) is 4.35. The van der Waals surface area contributed by atoms with Crippen molar-refractivity contribution < 1.29 is 13.5 Å². The highest BCUT2D eigenvalue weighted by Crippen LogP contribution is 2.19. The summed E-state index contributed by atoms with van der Waals surface area (Å²) < 4.78 is 28.9. The second-order valence-corrected chi connectivity index (χ2v) is 5.18. The first-order chi connectivity index (χ1) is 9.04. The van der Waals surface area contributed by atoms with Crippen molar-refractivity contribution in [3.05, 3.63) is 29.8 Å². The Kier molecular flexibility index (Phi) is 4.71. The van der Waals surface area contributed by atoms with Crippen molar-refractivity contribution in [2.45, 2.75) is 25.9 Å². The van der Waals surface area contributed by atoms with Crippen LogP contribution in [-0.2, 0) is 6.54 Å². The summed E-state index contributed by atoms with van der Waals surface area (Å²) in [5.41, 5.74) is 7.13. The van der Waals surface area contributed by atoms with Gasteiger partial charge in [0.15, 0.2) is 0 Å². The maximum Gasteiger partial charge on any atom is 0.272 e. The molecule has 0 spiro atoms. The van der Waals surface area contributed by atoms with E-state index >= 15 is 0 Å². The molecule has 1 saturated heterocycles. The van der Waals surface area contributed by atoms with Gasteiger partial charge in [0.2, 0.25) is 0 Å². The third kappa shape index (κ3) is 4.14. The molecule has 2 N–H and O–H groups in total. The van der Waals surface area contributed by atoms with Gasteiger partial charge in [0, 0.05) is 25.7 Å². The quantitative estimate of drug-likeness (QED) is 0.890. The SMILES string of the molecule is CC1CN(Cc2ccc(OCC(F)F)cc2)CC1N. The maximum absolute atomic E-state index is 12.0. The number of halogens is 2. The van der Waals surface area contributed by atoms with Crippen molar-refractivity contribution in [3.8, 4) is 5.75 Å². The highest BCUT2D eigenvalue weighted by molar-refractivity contribution is 5.27. The molecule has 106 valence electrons. The third-order valence-corrected chi connectivity index (χ3v) is 3.45. The van der Waals surface area contributed by atoms with E-state index in [1.165, 1.54) is 0 Å². The molecule has 2 unspecified atom stereocenters. The normalized spacial score (nSPS) is 24.1. The molecule has 3 nitrogen and oxygen atoms in total. The first-order valence-electron chi connectivity index (χ1n) is 6.52. The van der Waals surface area contributed by atoms with Crippen LogP contribution in [0.1, 0.15) is 12.5 Å². The molecule has 0 aliphatic carbocycles. The summed E-state index contributed by atoms with van der Waals surface area (Å²) in [6.07, 6.45) is -2.44.